The molecular weight excluding hydrogens is 344 g/mol. The highest BCUT2D eigenvalue weighted by Crippen LogP contribution is 2.34. The molecular formula is C16H23BrN4O. The van der Waals surface area contributed by atoms with Gasteiger partial charge in [0, 0.05) is 12.7 Å². The minimum atomic E-state index is -0.589. The van der Waals surface area contributed by atoms with E-state index in [4.69, 9.17) is 0 Å². The van der Waals surface area contributed by atoms with E-state index in [0.29, 0.717) is 5.92 Å². The predicted octanol–water partition coefficient (Wildman–Crippen LogP) is 3.63. The SMILES string of the molecule is CC(O)(CCNc1ccn2ncc(Br)c2n1)C1CCCCC1. The summed E-state index contributed by atoms with van der Waals surface area (Å²) in [6, 6.07) is 1.90. The zero-order chi connectivity index (χ0) is 15.6. The van der Waals surface area contributed by atoms with Gasteiger partial charge in [-0.2, -0.15) is 5.10 Å². The number of nitrogens with zero attached hydrogens (tertiary/aromatic N) is 3. The Morgan fingerprint density at radius 2 is 2.18 bits per heavy atom. The number of nitrogens with one attached hydrogen (secondary N) is 1. The first-order valence-corrected chi connectivity index (χ1v) is 8.82. The summed E-state index contributed by atoms with van der Waals surface area (Å²) in [5.41, 5.74) is 0.207. The molecule has 0 aliphatic heterocycles. The van der Waals surface area contributed by atoms with E-state index in [2.05, 4.69) is 31.3 Å². The average molecular weight is 367 g/mol. The van der Waals surface area contributed by atoms with Crippen LogP contribution < -0.4 is 5.32 Å². The van der Waals surface area contributed by atoms with Crippen molar-refractivity contribution >= 4 is 27.4 Å². The zero-order valence-electron chi connectivity index (χ0n) is 12.9. The largest absolute Gasteiger partial charge is 0.390 e. The summed E-state index contributed by atoms with van der Waals surface area (Å²) >= 11 is 3.44. The first-order valence-electron chi connectivity index (χ1n) is 8.02. The molecule has 0 aromatic carbocycles. The van der Waals surface area contributed by atoms with Gasteiger partial charge in [0.15, 0.2) is 5.65 Å². The monoisotopic (exact) mass is 366 g/mol. The van der Waals surface area contributed by atoms with Gasteiger partial charge in [0.25, 0.3) is 0 Å². The van der Waals surface area contributed by atoms with Crippen molar-refractivity contribution in [2.75, 3.05) is 11.9 Å². The molecule has 6 heteroatoms. The first kappa shape index (κ1) is 15.7. The van der Waals surface area contributed by atoms with Gasteiger partial charge in [0.05, 0.1) is 16.3 Å². The van der Waals surface area contributed by atoms with Crippen LogP contribution in [0.2, 0.25) is 0 Å². The topological polar surface area (TPSA) is 62.5 Å². The van der Waals surface area contributed by atoms with Crippen LogP contribution in [0.1, 0.15) is 45.4 Å². The second kappa shape index (κ2) is 6.54. The average Bonchev–Trinajstić information content (AvgIpc) is 2.89. The molecule has 120 valence electrons. The quantitative estimate of drug-likeness (QED) is 0.847. The van der Waals surface area contributed by atoms with Crippen molar-refractivity contribution in [2.45, 2.75) is 51.0 Å². The molecule has 5 nitrogen and oxygen atoms in total. The summed E-state index contributed by atoms with van der Waals surface area (Å²) in [5, 5.41) is 18.2. The summed E-state index contributed by atoms with van der Waals surface area (Å²) in [7, 11) is 0. The molecule has 1 aliphatic carbocycles. The van der Waals surface area contributed by atoms with Crippen molar-refractivity contribution in [3.63, 3.8) is 0 Å². The van der Waals surface area contributed by atoms with Gasteiger partial charge >= 0.3 is 0 Å². The number of aliphatic hydroxyl groups is 1. The number of rotatable bonds is 5. The summed E-state index contributed by atoms with van der Waals surface area (Å²) in [5.74, 6) is 1.25. The number of hydrogen-bond donors (Lipinski definition) is 2. The third-order valence-electron chi connectivity index (χ3n) is 4.75. The standard InChI is InChI=1S/C16H23BrN4O/c1-16(22,12-5-3-2-4-6-12)8-9-18-14-7-10-21-15(20-14)13(17)11-19-21/h7,10-12,22H,2-6,8-9H2,1H3,(H,18,20). The van der Waals surface area contributed by atoms with Crippen molar-refractivity contribution in [1.29, 1.82) is 0 Å². The van der Waals surface area contributed by atoms with Crippen LogP contribution in [0.15, 0.2) is 22.9 Å². The van der Waals surface area contributed by atoms with Crippen molar-refractivity contribution in [3.05, 3.63) is 22.9 Å². The molecule has 1 unspecified atom stereocenters. The Labute approximate surface area is 139 Å². The highest BCUT2D eigenvalue weighted by molar-refractivity contribution is 9.10. The minimum Gasteiger partial charge on any atom is -0.390 e. The Balaban J connectivity index is 1.57. The van der Waals surface area contributed by atoms with Crippen LogP contribution in [-0.2, 0) is 0 Å². The Bertz CT molecular complexity index is 634. The van der Waals surface area contributed by atoms with Crippen LogP contribution in [0.25, 0.3) is 5.65 Å². The Kier molecular flexibility index (Phi) is 4.68. The van der Waals surface area contributed by atoms with E-state index in [1.54, 1.807) is 10.7 Å². The summed E-state index contributed by atoms with van der Waals surface area (Å²) in [6.45, 7) is 2.70. The van der Waals surface area contributed by atoms with Crippen molar-refractivity contribution in [3.8, 4) is 0 Å². The van der Waals surface area contributed by atoms with Crippen molar-refractivity contribution < 1.29 is 5.11 Å². The van der Waals surface area contributed by atoms with Crippen LogP contribution in [-0.4, -0.2) is 31.9 Å². The van der Waals surface area contributed by atoms with E-state index >= 15 is 0 Å². The fourth-order valence-corrected chi connectivity index (χ4v) is 3.67. The van der Waals surface area contributed by atoms with Crippen LogP contribution in [0.4, 0.5) is 5.82 Å². The van der Waals surface area contributed by atoms with Gasteiger partial charge in [0.2, 0.25) is 0 Å². The van der Waals surface area contributed by atoms with E-state index in [1.807, 2.05) is 19.2 Å². The van der Waals surface area contributed by atoms with Gasteiger partial charge in [-0.15, -0.1) is 0 Å². The summed E-state index contributed by atoms with van der Waals surface area (Å²) < 4.78 is 2.61. The molecule has 2 N–H and O–H groups in total. The van der Waals surface area contributed by atoms with Gasteiger partial charge < -0.3 is 10.4 Å². The van der Waals surface area contributed by atoms with Crippen molar-refractivity contribution in [1.82, 2.24) is 14.6 Å². The molecule has 0 radical (unpaired) electrons. The number of hydrogen-bond acceptors (Lipinski definition) is 4. The summed E-state index contributed by atoms with van der Waals surface area (Å²) in [4.78, 5) is 4.53. The minimum absolute atomic E-state index is 0.433. The molecule has 0 saturated heterocycles. The highest BCUT2D eigenvalue weighted by atomic mass is 79.9. The normalized spacial score (nSPS) is 19.2. The highest BCUT2D eigenvalue weighted by Gasteiger charge is 2.32. The second-order valence-electron chi connectivity index (χ2n) is 6.44. The number of halogens is 1. The first-order chi connectivity index (χ1) is 10.6. The maximum Gasteiger partial charge on any atom is 0.171 e. The van der Waals surface area contributed by atoms with Gasteiger partial charge in [-0.05, 0) is 54.1 Å². The fraction of sp³-hybridized carbons (Fsp3) is 0.625. The van der Waals surface area contributed by atoms with Gasteiger partial charge in [-0.3, -0.25) is 0 Å². The Morgan fingerprint density at radius 1 is 1.41 bits per heavy atom. The molecule has 2 aromatic heterocycles. The lowest BCUT2D eigenvalue weighted by atomic mass is 9.76. The van der Waals surface area contributed by atoms with Crippen LogP contribution in [0, 0.1) is 5.92 Å². The summed E-state index contributed by atoms with van der Waals surface area (Å²) in [6.07, 6.45) is 10.5. The molecule has 0 amide bonds. The molecule has 1 atom stereocenters. The molecule has 1 aliphatic rings. The lowest BCUT2D eigenvalue weighted by Gasteiger charge is -2.35. The zero-order valence-corrected chi connectivity index (χ0v) is 14.5. The van der Waals surface area contributed by atoms with E-state index < -0.39 is 5.60 Å². The van der Waals surface area contributed by atoms with Crippen LogP contribution in [0.5, 0.6) is 0 Å². The number of anilines is 1. The fourth-order valence-electron chi connectivity index (χ4n) is 3.31. The van der Waals surface area contributed by atoms with Crippen molar-refractivity contribution in [2.24, 2.45) is 5.92 Å². The Morgan fingerprint density at radius 3 is 2.95 bits per heavy atom. The third kappa shape index (κ3) is 3.43. The lowest BCUT2D eigenvalue weighted by Crippen LogP contribution is -2.37. The smallest absolute Gasteiger partial charge is 0.171 e. The maximum atomic E-state index is 10.7. The molecule has 1 saturated carbocycles. The third-order valence-corrected chi connectivity index (χ3v) is 5.31. The number of fused-ring (bicyclic) bond motifs is 1. The second-order valence-corrected chi connectivity index (χ2v) is 7.30. The van der Waals surface area contributed by atoms with Gasteiger partial charge in [0.1, 0.15) is 5.82 Å². The molecule has 2 heterocycles. The lowest BCUT2D eigenvalue weighted by molar-refractivity contribution is -0.0205. The van der Waals surface area contributed by atoms with Gasteiger partial charge in [-0.25, -0.2) is 9.50 Å². The van der Waals surface area contributed by atoms with E-state index in [9.17, 15) is 5.11 Å². The molecule has 22 heavy (non-hydrogen) atoms. The van der Waals surface area contributed by atoms with E-state index in [1.165, 1.54) is 19.3 Å². The Hall–Kier alpha value is -1.14. The maximum absolute atomic E-state index is 10.7. The molecule has 1 fully saturated rings. The molecule has 2 aromatic rings. The molecule has 0 bridgehead atoms. The van der Waals surface area contributed by atoms with Crippen LogP contribution >= 0.6 is 15.9 Å². The van der Waals surface area contributed by atoms with Gasteiger partial charge in [-0.1, -0.05) is 19.3 Å². The van der Waals surface area contributed by atoms with Crippen LogP contribution in [0.3, 0.4) is 0 Å². The molecule has 3 rings (SSSR count). The predicted molar refractivity (Wildman–Crippen MR) is 91.0 cm³/mol. The number of aromatic nitrogens is 3. The van der Waals surface area contributed by atoms with E-state index in [-0.39, 0.29) is 0 Å². The van der Waals surface area contributed by atoms with E-state index in [0.717, 1.165) is 41.7 Å². The molecule has 0 spiro atoms.